The van der Waals surface area contributed by atoms with Crippen molar-refractivity contribution in [3.63, 3.8) is 0 Å². The number of carbonyl (C=O) groups excluding carboxylic acids is 1. The van der Waals surface area contributed by atoms with Crippen LogP contribution in [-0.4, -0.2) is 40.0 Å². The van der Waals surface area contributed by atoms with Gasteiger partial charge in [0.2, 0.25) is 0 Å². The molecule has 3 rings (SSSR count). The summed E-state index contributed by atoms with van der Waals surface area (Å²) < 4.78 is 1.95. The Balaban J connectivity index is 0.00000208. The van der Waals surface area contributed by atoms with Crippen molar-refractivity contribution >= 4 is 18.3 Å². The van der Waals surface area contributed by atoms with Crippen molar-refractivity contribution in [2.24, 2.45) is 0 Å². The van der Waals surface area contributed by atoms with Gasteiger partial charge < -0.3 is 10.6 Å². The monoisotopic (exact) mass is 355 g/mol. The lowest BCUT2D eigenvalue weighted by atomic mass is 9.96. The number of rotatable bonds is 3. The van der Waals surface area contributed by atoms with Gasteiger partial charge in [-0.25, -0.2) is 4.68 Å². The highest BCUT2D eigenvalue weighted by Gasteiger charge is 2.24. The van der Waals surface area contributed by atoms with Crippen LogP contribution < -0.4 is 10.6 Å². The molecule has 0 radical (unpaired) electrons. The maximum Gasteiger partial charge on any atom is 0.273 e. The van der Waals surface area contributed by atoms with Gasteiger partial charge >= 0.3 is 0 Å². The van der Waals surface area contributed by atoms with Crippen LogP contribution in [0, 0.1) is 6.92 Å². The van der Waals surface area contributed by atoms with Gasteiger partial charge in [0.15, 0.2) is 5.69 Å². The van der Waals surface area contributed by atoms with E-state index in [1.54, 1.807) is 0 Å². The molecule has 1 saturated heterocycles. The van der Waals surface area contributed by atoms with Crippen LogP contribution in [0.2, 0.25) is 0 Å². The maximum absolute atomic E-state index is 12.6. The van der Waals surface area contributed by atoms with Gasteiger partial charge in [-0.05, 0) is 45.7 Å². The Morgan fingerprint density at radius 1 is 1.08 bits per heavy atom. The second kappa shape index (κ2) is 9.37. The standard InChI is InChI=1S/C17H29N5O.ClH/c1-13-16(20-21-22(13)15-9-11-18-12-10-15)17(23)19-14-7-5-3-2-4-6-8-14;/h14-15,18H,2-12H2,1H3,(H,19,23);1H. The molecular formula is C17H30ClN5O. The molecular weight excluding hydrogens is 326 g/mol. The van der Waals surface area contributed by atoms with E-state index < -0.39 is 0 Å². The predicted octanol–water partition coefficient (Wildman–Crippen LogP) is 2.78. The zero-order chi connectivity index (χ0) is 16.1. The fourth-order valence-corrected chi connectivity index (χ4v) is 3.80. The Morgan fingerprint density at radius 3 is 2.38 bits per heavy atom. The van der Waals surface area contributed by atoms with Crippen molar-refractivity contribution in [3.8, 4) is 0 Å². The van der Waals surface area contributed by atoms with Gasteiger partial charge in [0.05, 0.1) is 11.7 Å². The zero-order valence-electron chi connectivity index (χ0n) is 14.6. The molecule has 0 aromatic carbocycles. The topological polar surface area (TPSA) is 71.8 Å². The van der Waals surface area contributed by atoms with E-state index >= 15 is 0 Å². The van der Waals surface area contributed by atoms with Crippen molar-refractivity contribution < 1.29 is 4.79 Å². The lowest BCUT2D eigenvalue weighted by Gasteiger charge is -2.23. The van der Waals surface area contributed by atoms with E-state index in [-0.39, 0.29) is 18.3 Å². The molecule has 0 spiro atoms. The second-order valence-electron chi connectivity index (χ2n) is 6.96. The number of hydrogen-bond acceptors (Lipinski definition) is 4. The number of carbonyl (C=O) groups is 1. The molecule has 1 amide bonds. The van der Waals surface area contributed by atoms with Crippen molar-refractivity contribution in [3.05, 3.63) is 11.4 Å². The van der Waals surface area contributed by atoms with Gasteiger partial charge in [0, 0.05) is 6.04 Å². The first kappa shape index (κ1) is 19.2. The Morgan fingerprint density at radius 2 is 1.71 bits per heavy atom. The molecule has 0 atom stereocenters. The third-order valence-corrected chi connectivity index (χ3v) is 5.24. The summed E-state index contributed by atoms with van der Waals surface area (Å²) in [4.78, 5) is 12.6. The van der Waals surface area contributed by atoms with Gasteiger partial charge in [-0.3, -0.25) is 4.79 Å². The van der Waals surface area contributed by atoms with Gasteiger partial charge in [0.1, 0.15) is 0 Å². The van der Waals surface area contributed by atoms with Crippen LogP contribution in [0.25, 0.3) is 0 Å². The van der Waals surface area contributed by atoms with E-state index in [4.69, 9.17) is 0 Å². The largest absolute Gasteiger partial charge is 0.348 e. The summed E-state index contributed by atoms with van der Waals surface area (Å²) in [7, 11) is 0. The molecule has 0 bridgehead atoms. The molecule has 0 unspecified atom stereocenters. The van der Waals surface area contributed by atoms with Crippen LogP contribution in [-0.2, 0) is 0 Å². The van der Waals surface area contributed by atoms with Crippen molar-refractivity contribution in [1.82, 2.24) is 25.6 Å². The minimum absolute atomic E-state index is 0. The molecule has 1 aromatic heterocycles. The lowest BCUT2D eigenvalue weighted by molar-refractivity contribution is 0.0924. The van der Waals surface area contributed by atoms with Crippen molar-refractivity contribution in [1.29, 1.82) is 0 Å². The van der Waals surface area contributed by atoms with E-state index in [2.05, 4.69) is 20.9 Å². The van der Waals surface area contributed by atoms with E-state index in [1.165, 1.54) is 32.1 Å². The number of halogens is 1. The molecule has 2 heterocycles. The van der Waals surface area contributed by atoms with Gasteiger partial charge in [-0.15, -0.1) is 17.5 Å². The minimum atomic E-state index is -0.0479. The van der Waals surface area contributed by atoms with Crippen LogP contribution in [0.3, 0.4) is 0 Å². The zero-order valence-corrected chi connectivity index (χ0v) is 15.4. The molecule has 6 nitrogen and oxygen atoms in total. The summed E-state index contributed by atoms with van der Waals surface area (Å²) in [5.41, 5.74) is 1.41. The van der Waals surface area contributed by atoms with E-state index in [9.17, 15) is 4.79 Å². The summed E-state index contributed by atoms with van der Waals surface area (Å²) in [6.45, 7) is 3.98. The third kappa shape index (κ3) is 4.70. The van der Waals surface area contributed by atoms with Crippen LogP contribution >= 0.6 is 12.4 Å². The van der Waals surface area contributed by atoms with E-state index in [0.717, 1.165) is 44.5 Å². The SMILES string of the molecule is Cc1c(C(=O)NC2CCCCCCC2)nnn1C1CCNCC1.Cl. The summed E-state index contributed by atoms with van der Waals surface area (Å²) in [5, 5.41) is 15.0. The molecule has 1 aromatic rings. The first-order valence-electron chi connectivity index (χ1n) is 9.19. The minimum Gasteiger partial charge on any atom is -0.348 e. The highest BCUT2D eigenvalue weighted by atomic mass is 35.5. The van der Waals surface area contributed by atoms with E-state index in [0.29, 0.717) is 17.8 Å². The number of aromatic nitrogens is 3. The normalized spacial score (nSPS) is 20.7. The molecule has 1 saturated carbocycles. The number of amides is 1. The number of nitrogens with one attached hydrogen (secondary N) is 2. The number of nitrogens with zero attached hydrogens (tertiary/aromatic N) is 3. The first-order valence-corrected chi connectivity index (χ1v) is 9.19. The van der Waals surface area contributed by atoms with Crippen LogP contribution in [0.1, 0.15) is 80.0 Å². The fourth-order valence-electron chi connectivity index (χ4n) is 3.80. The van der Waals surface area contributed by atoms with Crippen molar-refractivity contribution in [2.75, 3.05) is 13.1 Å². The average molecular weight is 356 g/mol. The van der Waals surface area contributed by atoms with Crippen LogP contribution in [0.5, 0.6) is 0 Å². The molecule has 2 aliphatic rings. The van der Waals surface area contributed by atoms with Gasteiger partial charge in [-0.1, -0.05) is 37.3 Å². The Bertz CT molecular complexity index is 519. The number of hydrogen-bond donors (Lipinski definition) is 2. The quantitative estimate of drug-likeness (QED) is 0.874. The smallest absolute Gasteiger partial charge is 0.273 e. The molecule has 24 heavy (non-hydrogen) atoms. The molecule has 2 N–H and O–H groups in total. The predicted molar refractivity (Wildman–Crippen MR) is 96.7 cm³/mol. The molecule has 2 fully saturated rings. The second-order valence-corrected chi connectivity index (χ2v) is 6.96. The van der Waals surface area contributed by atoms with Crippen molar-refractivity contribution in [2.45, 2.75) is 76.8 Å². The fraction of sp³-hybridized carbons (Fsp3) is 0.824. The highest BCUT2D eigenvalue weighted by Crippen LogP contribution is 2.21. The van der Waals surface area contributed by atoms with Gasteiger partial charge in [-0.2, -0.15) is 0 Å². The molecule has 7 heteroatoms. The highest BCUT2D eigenvalue weighted by molar-refractivity contribution is 5.93. The number of piperidine rings is 1. The van der Waals surface area contributed by atoms with Crippen LogP contribution in [0.4, 0.5) is 0 Å². The maximum atomic E-state index is 12.6. The third-order valence-electron chi connectivity index (χ3n) is 5.24. The summed E-state index contributed by atoms with van der Waals surface area (Å²) in [6.07, 6.45) is 10.6. The molecule has 1 aliphatic heterocycles. The first-order chi connectivity index (χ1) is 11.3. The molecule has 136 valence electrons. The van der Waals surface area contributed by atoms with Gasteiger partial charge in [0.25, 0.3) is 5.91 Å². The Labute approximate surface area is 150 Å². The molecule has 1 aliphatic carbocycles. The van der Waals surface area contributed by atoms with E-state index in [1.807, 2.05) is 11.6 Å². The summed E-state index contributed by atoms with van der Waals surface area (Å²) in [6, 6.07) is 0.665. The summed E-state index contributed by atoms with van der Waals surface area (Å²) >= 11 is 0. The van der Waals surface area contributed by atoms with Crippen LogP contribution in [0.15, 0.2) is 0 Å². The Hall–Kier alpha value is -1.14. The summed E-state index contributed by atoms with van der Waals surface area (Å²) in [5.74, 6) is -0.0479. The lowest BCUT2D eigenvalue weighted by Crippen LogP contribution is -2.36. The average Bonchev–Trinajstić information content (AvgIpc) is 2.92. The Kier molecular flexibility index (Phi) is 7.49.